The Bertz CT molecular complexity index is 527. The van der Waals surface area contributed by atoms with Gasteiger partial charge in [-0.25, -0.2) is 4.39 Å². The standard InChI is InChI=1S/C16H20ClFN2O/c17-15-8-12(18)5-6-14(15)16(21)20(9-11-3-4-11)10-13-2-1-7-19-13/h5-6,8,11,13,19H,1-4,7,9-10H2. The van der Waals surface area contributed by atoms with Gasteiger partial charge in [0.05, 0.1) is 10.6 Å². The molecule has 3 nitrogen and oxygen atoms in total. The van der Waals surface area contributed by atoms with Gasteiger partial charge in [0.1, 0.15) is 5.82 Å². The van der Waals surface area contributed by atoms with Gasteiger partial charge in [0.25, 0.3) is 5.91 Å². The second kappa shape index (κ2) is 6.32. The molecule has 1 aliphatic heterocycles. The maximum Gasteiger partial charge on any atom is 0.255 e. The molecule has 5 heteroatoms. The van der Waals surface area contributed by atoms with Gasteiger partial charge in [-0.2, -0.15) is 0 Å². The normalized spacial score (nSPS) is 21.5. The van der Waals surface area contributed by atoms with Crippen LogP contribution in [0.5, 0.6) is 0 Å². The van der Waals surface area contributed by atoms with Gasteiger partial charge < -0.3 is 10.2 Å². The zero-order valence-corrected chi connectivity index (χ0v) is 12.7. The first-order valence-corrected chi connectivity index (χ1v) is 7.99. The molecule has 2 aliphatic rings. The Morgan fingerprint density at radius 2 is 2.14 bits per heavy atom. The predicted octanol–water partition coefficient (Wildman–Crippen LogP) is 3.08. The van der Waals surface area contributed by atoms with E-state index < -0.39 is 5.82 Å². The lowest BCUT2D eigenvalue weighted by Gasteiger charge is -2.26. The summed E-state index contributed by atoms with van der Waals surface area (Å²) in [5.41, 5.74) is 0.400. The minimum absolute atomic E-state index is 0.0828. The van der Waals surface area contributed by atoms with Gasteiger partial charge in [-0.15, -0.1) is 0 Å². The number of nitrogens with zero attached hydrogens (tertiary/aromatic N) is 1. The van der Waals surface area contributed by atoms with Gasteiger partial charge >= 0.3 is 0 Å². The molecule has 1 unspecified atom stereocenters. The van der Waals surface area contributed by atoms with Crippen LogP contribution in [-0.2, 0) is 0 Å². The van der Waals surface area contributed by atoms with Crippen molar-refractivity contribution in [2.45, 2.75) is 31.7 Å². The van der Waals surface area contributed by atoms with E-state index in [4.69, 9.17) is 11.6 Å². The zero-order valence-electron chi connectivity index (χ0n) is 11.9. The fourth-order valence-corrected chi connectivity index (χ4v) is 3.11. The first-order valence-electron chi connectivity index (χ1n) is 7.61. The van der Waals surface area contributed by atoms with Crippen molar-refractivity contribution < 1.29 is 9.18 Å². The Kier molecular flexibility index (Phi) is 4.45. The first kappa shape index (κ1) is 14.8. The molecular formula is C16H20ClFN2O. The number of carbonyl (C=O) groups excluding carboxylic acids is 1. The summed E-state index contributed by atoms with van der Waals surface area (Å²) in [4.78, 5) is 14.6. The molecule has 21 heavy (non-hydrogen) atoms. The van der Waals surface area contributed by atoms with E-state index >= 15 is 0 Å². The SMILES string of the molecule is O=C(c1ccc(F)cc1Cl)N(CC1CC1)CC1CCCN1. The molecule has 1 aliphatic carbocycles. The molecule has 3 rings (SSSR count). The van der Waals surface area contributed by atoms with Gasteiger partial charge in [0.15, 0.2) is 0 Å². The molecular weight excluding hydrogens is 291 g/mol. The maximum atomic E-state index is 13.1. The Labute approximate surface area is 129 Å². The Morgan fingerprint density at radius 1 is 1.33 bits per heavy atom. The summed E-state index contributed by atoms with van der Waals surface area (Å²) < 4.78 is 13.1. The van der Waals surface area contributed by atoms with E-state index in [1.54, 1.807) is 0 Å². The van der Waals surface area contributed by atoms with E-state index in [1.165, 1.54) is 31.0 Å². The molecule has 1 saturated carbocycles. The average Bonchev–Trinajstić information content (AvgIpc) is 3.11. The third-order valence-corrected chi connectivity index (χ3v) is 4.54. The van der Waals surface area contributed by atoms with Gasteiger partial charge in [-0.3, -0.25) is 4.79 Å². The van der Waals surface area contributed by atoms with Gasteiger partial charge in [0.2, 0.25) is 0 Å². The number of benzene rings is 1. The van der Waals surface area contributed by atoms with Crippen molar-refractivity contribution >= 4 is 17.5 Å². The van der Waals surface area contributed by atoms with Crippen LogP contribution in [0.4, 0.5) is 4.39 Å². The summed E-state index contributed by atoms with van der Waals surface area (Å²) in [5.74, 6) is 0.123. The van der Waals surface area contributed by atoms with Crippen LogP contribution in [0.25, 0.3) is 0 Å². The number of nitrogens with one attached hydrogen (secondary N) is 1. The van der Waals surface area contributed by atoms with Crippen LogP contribution in [0.3, 0.4) is 0 Å². The Balaban J connectivity index is 1.75. The van der Waals surface area contributed by atoms with Gasteiger partial charge in [-0.1, -0.05) is 11.6 Å². The van der Waals surface area contributed by atoms with E-state index in [0.717, 1.165) is 25.9 Å². The number of amides is 1. The summed E-state index contributed by atoms with van der Waals surface area (Å²) in [7, 11) is 0. The van der Waals surface area contributed by atoms with E-state index in [-0.39, 0.29) is 10.9 Å². The highest BCUT2D eigenvalue weighted by Crippen LogP contribution is 2.31. The predicted molar refractivity (Wildman–Crippen MR) is 81.1 cm³/mol. The molecule has 1 aromatic carbocycles. The molecule has 114 valence electrons. The number of carbonyl (C=O) groups is 1. The van der Waals surface area contributed by atoms with Crippen molar-refractivity contribution in [1.29, 1.82) is 0 Å². The molecule has 1 aromatic rings. The summed E-state index contributed by atoms with van der Waals surface area (Å²) in [6.07, 6.45) is 4.65. The third kappa shape index (κ3) is 3.74. The molecule has 1 N–H and O–H groups in total. The summed E-state index contributed by atoms with van der Waals surface area (Å²) >= 11 is 6.03. The van der Waals surface area contributed by atoms with Crippen LogP contribution in [0, 0.1) is 11.7 Å². The van der Waals surface area contributed by atoms with Crippen molar-refractivity contribution in [1.82, 2.24) is 10.2 Å². The zero-order chi connectivity index (χ0) is 14.8. The van der Waals surface area contributed by atoms with Crippen LogP contribution in [0.15, 0.2) is 18.2 Å². The van der Waals surface area contributed by atoms with Crippen molar-refractivity contribution in [3.8, 4) is 0 Å². The van der Waals surface area contributed by atoms with E-state index in [0.29, 0.717) is 24.1 Å². The number of halogens is 2. The maximum absolute atomic E-state index is 13.1. The second-order valence-corrected chi connectivity index (χ2v) is 6.48. The summed E-state index contributed by atoms with van der Waals surface area (Å²) in [5, 5.41) is 3.62. The Morgan fingerprint density at radius 3 is 2.76 bits per heavy atom. The molecule has 0 aromatic heterocycles. The van der Waals surface area contributed by atoms with E-state index in [1.807, 2.05) is 4.90 Å². The van der Waals surface area contributed by atoms with Crippen molar-refractivity contribution in [2.24, 2.45) is 5.92 Å². The average molecular weight is 311 g/mol. The summed E-state index contributed by atoms with van der Waals surface area (Å²) in [6.45, 7) is 2.52. The monoisotopic (exact) mass is 310 g/mol. The smallest absolute Gasteiger partial charge is 0.255 e. The highest BCUT2D eigenvalue weighted by atomic mass is 35.5. The lowest BCUT2D eigenvalue weighted by Crippen LogP contribution is -2.42. The molecule has 2 fully saturated rings. The molecule has 1 amide bonds. The largest absolute Gasteiger partial charge is 0.337 e. The lowest BCUT2D eigenvalue weighted by molar-refractivity contribution is 0.0733. The van der Waals surface area contributed by atoms with Crippen LogP contribution >= 0.6 is 11.6 Å². The van der Waals surface area contributed by atoms with Crippen LogP contribution in [-0.4, -0.2) is 36.5 Å². The highest BCUT2D eigenvalue weighted by molar-refractivity contribution is 6.33. The van der Waals surface area contributed by atoms with Crippen molar-refractivity contribution in [3.05, 3.63) is 34.6 Å². The van der Waals surface area contributed by atoms with Crippen LogP contribution < -0.4 is 5.32 Å². The first-order chi connectivity index (χ1) is 10.1. The molecule has 1 saturated heterocycles. The van der Waals surface area contributed by atoms with E-state index in [2.05, 4.69) is 5.32 Å². The minimum atomic E-state index is -0.414. The van der Waals surface area contributed by atoms with E-state index in [9.17, 15) is 9.18 Å². The molecule has 0 bridgehead atoms. The minimum Gasteiger partial charge on any atom is -0.337 e. The lowest BCUT2D eigenvalue weighted by atomic mass is 10.1. The second-order valence-electron chi connectivity index (χ2n) is 6.07. The third-order valence-electron chi connectivity index (χ3n) is 4.23. The van der Waals surface area contributed by atoms with Crippen LogP contribution in [0.1, 0.15) is 36.0 Å². The fourth-order valence-electron chi connectivity index (χ4n) is 2.86. The topological polar surface area (TPSA) is 32.3 Å². The Hall–Kier alpha value is -1.13. The van der Waals surface area contributed by atoms with Crippen molar-refractivity contribution in [3.63, 3.8) is 0 Å². The quantitative estimate of drug-likeness (QED) is 0.906. The number of hydrogen-bond donors (Lipinski definition) is 1. The van der Waals surface area contributed by atoms with Gasteiger partial charge in [-0.05, 0) is 56.3 Å². The highest BCUT2D eigenvalue weighted by Gasteiger charge is 2.30. The molecule has 0 radical (unpaired) electrons. The van der Waals surface area contributed by atoms with Crippen LogP contribution in [0.2, 0.25) is 5.02 Å². The fraction of sp³-hybridized carbons (Fsp3) is 0.562. The number of hydrogen-bond acceptors (Lipinski definition) is 2. The molecule has 1 atom stereocenters. The molecule has 1 heterocycles. The summed E-state index contributed by atoms with van der Waals surface area (Å²) in [6, 6.07) is 4.36. The van der Waals surface area contributed by atoms with Gasteiger partial charge in [0, 0.05) is 19.1 Å². The van der Waals surface area contributed by atoms with Crippen molar-refractivity contribution in [2.75, 3.05) is 19.6 Å². The number of rotatable bonds is 5. The molecule has 0 spiro atoms.